The van der Waals surface area contributed by atoms with Crippen LogP contribution in [-0.4, -0.2) is 38.3 Å². The SMILES string of the molecule is CCSC(=O)[C@](C)(O)[C@](C)(S)CC(=O)NC1CCCCC1. The average molecular weight is 334 g/mol. The molecule has 0 heterocycles. The Morgan fingerprint density at radius 2 is 1.86 bits per heavy atom. The number of carbonyl (C=O) groups excluding carboxylic acids is 2. The van der Waals surface area contributed by atoms with Gasteiger partial charge in [-0.15, -0.1) is 0 Å². The molecule has 1 fully saturated rings. The number of aliphatic hydroxyl groups is 1. The van der Waals surface area contributed by atoms with Gasteiger partial charge < -0.3 is 10.4 Å². The van der Waals surface area contributed by atoms with Crippen LogP contribution in [0.5, 0.6) is 0 Å². The molecule has 1 aliphatic rings. The molecule has 0 aromatic carbocycles. The lowest BCUT2D eigenvalue weighted by Crippen LogP contribution is -2.53. The first-order valence-corrected chi connectivity index (χ1v) is 9.05. The van der Waals surface area contributed by atoms with Crippen LogP contribution >= 0.6 is 24.4 Å². The summed E-state index contributed by atoms with van der Waals surface area (Å²) in [7, 11) is 0. The van der Waals surface area contributed by atoms with Gasteiger partial charge in [-0.3, -0.25) is 9.59 Å². The van der Waals surface area contributed by atoms with Crippen LogP contribution in [0.2, 0.25) is 0 Å². The third-order valence-corrected chi connectivity index (χ3v) is 5.74. The van der Waals surface area contributed by atoms with E-state index in [9.17, 15) is 14.7 Å². The number of thioether (sulfide) groups is 1. The van der Waals surface area contributed by atoms with Crippen molar-refractivity contribution < 1.29 is 14.7 Å². The molecular formula is C15H27NO3S2. The first kappa shape index (κ1) is 18.8. The second kappa shape index (κ2) is 7.88. The molecule has 1 rings (SSSR count). The van der Waals surface area contributed by atoms with Gasteiger partial charge in [-0.1, -0.05) is 37.9 Å². The zero-order chi connectivity index (χ0) is 16.1. The third-order valence-electron chi connectivity index (χ3n) is 4.20. The lowest BCUT2D eigenvalue weighted by atomic mass is 9.87. The Balaban J connectivity index is 2.60. The van der Waals surface area contributed by atoms with Gasteiger partial charge >= 0.3 is 0 Å². The van der Waals surface area contributed by atoms with E-state index in [0.717, 1.165) is 37.4 Å². The minimum absolute atomic E-state index is 0.0234. The number of amides is 1. The van der Waals surface area contributed by atoms with Crippen LogP contribution in [0.25, 0.3) is 0 Å². The Bertz CT molecular complexity index is 377. The second-order valence-electron chi connectivity index (χ2n) is 6.15. The predicted molar refractivity (Wildman–Crippen MR) is 90.8 cm³/mol. The summed E-state index contributed by atoms with van der Waals surface area (Å²) in [6.07, 6.45) is 5.56. The van der Waals surface area contributed by atoms with E-state index in [4.69, 9.17) is 0 Å². The summed E-state index contributed by atoms with van der Waals surface area (Å²) >= 11 is 5.47. The largest absolute Gasteiger partial charge is 0.380 e. The van der Waals surface area contributed by atoms with E-state index in [1.54, 1.807) is 6.92 Å². The smallest absolute Gasteiger partial charge is 0.221 e. The molecule has 0 aromatic rings. The fourth-order valence-corrected chi connectivity index (χ4v) is 3.59. The number of hydrogen-bond acceptors (Lipinski definition) is 5. The van der Waals surface area contributed by atoms with Crippen molar-refractivity contribution in [2.24, 2.45) is 0 Å². The van der Waals surface area contributed by atoms with Gasteiger partial charge in [0.05, 0.1) is 4.75 Å². The van der Waals surface area contributed by atoms with E-state index >= 15 is 0 Å². The number of rotatable bonds is 6. The van der Waals surface area contributed by atoms with Crippen molar-refractivity contribution in [1.82, 2.24) is 5.32 Å². The number of thiol groups is 1. The fraction of sp³-hybridized carbons (Fsp3) is 0.867. The standard InChI is InChI=1S/C15H27NO3S2/c1-4-21-13(18)15(3,19)14(2,20)10-12(17)16-11-8-6-5-7-9-11/h11,19-20H,4-10H2,1-3H3,(H,16,17)/t14-,15+/m1/s1. The van der Waals surface area contributed by atoms with E-state index in [-0.39, 0.29) is 23.5 Å². The zero-order valence-electron chi connectivity index (χ0n) is 13.1. The zero-order valence-corrected chi connectivity index (χ0v) is 14.9. The molecule has 4 nitrogen and oxygen atoms in total. The van der Waals surface area contributed by atoms with Gasteiger partial charge in [0.25, 0.3) is 0 Å². The van der Waals surface area contributed by atoms with E-state index in [1.807, 2.05) is 6.92 Å². The highest BCUT2D eigenvalue weighted by molar-refractivity contribution is 8.13. The van der Waals surface area contributed by atoms with Gasteiger partial charge in [-0.2, -0.15) is 12.6 Å². The van der Waals surface area contributed by atoms with Crippen molar-refractivity contribution in [3.8, 4) is 0 Å². The second-order valence-corrected chi connectivity index (χ2v) is 8.37. The Hall–Kier alpha value is -0.200. The summed E-state index contributed by atoms with van der Waals surface area (Å²) < 4.78 is -1.09. The van der Waals surface area contributed by atoms with Crippen molar-refractivity contribution in [3.05, 3.63) is 0 Å². The summed E-state index contributed by atoms with van der Waals surface area (Å²) in [5.41, 5.74) is -1.64. The summed E-state index contributed by atoms with van der Waals surface area (Å²) in [5, 5.41) is 13.1. The highest BCUT2D eigenvalue weighted by Gasteiger charge is 2.47. The minimum Gasteiger partial charge on any atom is -0.380 e. The van der Waals surface area contributed by atoms with Crippen LogP contribution in [0.3, 0.4) is 0 Å². The van der Waals surface area contributed by atoms with Gasteiger partial charge in [0.15, 0.2) is 0 Å². The molecule has 2 atom stereocenters. The molecule has 0 radical (unpaired) electrons. The van der Waals surface area contributed by atoms with Gasteiger partial charge in [0, 0.05) is 12.5 Å². The molecule has 2 N–H and O–H groups in total. The van der Waals surface area contributed by atoms with Crippen molar-refractivity contribution in [1.29, 1.82) is 0 Å². The molecule has 0 saturated heterocycles. The summed E-state index contributed by atoms with van der Waals surface area (Å²) in [6.45, 7) is 4.94. The van der Waals surface area contributed by atoms with E-state index in [1.165, 1.54) is 13.3 Å². The van der Waals surface area contributed by atoms with Crippen LogP contribution in [0.4, 0.5) is 0 Å². The lowest BCUT2D eigenvalue weighted by molar-refractivity contribution is -0.131. The number of carbonyl (C=O) groups is 2. The van der Waals surface area contributed by atoms with E-state index in [0.29, 0.717) is 5.75 Å². The molecular weight excluding hydrogens is 306 g/mol. The molecule has 1 saturated carbocycles. The average Bonchev–Trinajstić information content (AvgIpc) is 2.39. The predicted octanol–water partition coefficient (Wildman–Crippen LogP) is 2.54. The molecule has 1 aliphatic carbocycles. The van der Waals surface area contributed by atoms with Crippen LogP contribution in [0.1, 0.15) is 59.3 Å². The van der Waals surface area contributed by atoms with Crippen LogP contribution in [-0.2, 0) is 9.59 Å². The molecule has 0 bridgehead atoms. The molecule has 0 aliphatic heterocycles. The maximum atomic E-state index is 12.2. The first-order chi connectivity index (χ1) is 9.70. The third kappa shape index (κ3) is 5.18. The Kier molecular flexibility index (Phi) is 7.07. The topological polar surface area (TPSA) is 66.4 Å². The lowest BCUT2D eigenvalue weighted by Gasteiger charge is -2.37. The normalized spacial score (nSPS) is 22.1. The maximum absolute atomic E-state index is 12.2. The molecule has 0 aromatic heterocycles. The van der Waals surface area contributed by atoms with Crippen LogP contribution in [0.15, 0.2) is 0 Å². The molecule has 21 heavy (non-hydrogen) atoms. The molecule has 1 amide bonds. The summed E-state index contributed by atoms with van der Waals surface area (Å²) in [6, 6.07) is 0.223. The fourth-order valence-electron chi connectivity index (χ4n) is 2.50. The quantitative estimate of drug-likeness (QED) is 0.654. The molecule has 0 spiro atoms. The number of hydrogen-bond donors (Lipinski definition) is 3. The van der Waals surface area contributed by atoms with Gasteiger partial charge in [-0.05, 0) is 32.4 Å². The Morgan fingerprint density at radius 1 is 1.29 bits per heavy atom. The maximum Gasteiger partial charge on any atom is 0.221 e. The summed E-state index contributed by atoms with van der Waals surface area (Å²) in [4.78, 5) is 24.2. The van der Waals surface area contributed by atoms with Gasteiger partial charge in [0.2, 0.25) is 11.0 Å². The van der Waals surface area contributed by atoms with Crippen molar-refractivity contribution in [3.63, 3.8) is 0 Å². The molecule has 122 valence electrons. The monoisotopic (exact) mass is 333 g/mol. The van der Waals surface area contributed by atoms with Gasteiger partial charge in [0.1, 0.15) is 5.60 Å². The van der Waals surface area contributed by atoms with E-state index < -0.39 is 10.3 Å². The van der Waals surface area contributed by atoms with Crippen molar-refractivity contribution >= 4 is 35.4 Å². The van der Waals surface area contributed by atoms with Gasteiger partial charge in [-0.25, -0.2) is 0 Å². The highest BCUT2D eigenvalue weighted by Crippen LogP contribution is 2.35. The molecule has 6 heteroatoms. The summed E-state index contributed by atoms with van der Waals surface area (Å²) in [5.74, 6) is 0.446. The first-order valence-electron chi connectivity index (χ1n) is 7.62. The van der Waals surface area contributed by atoms with E-state index in [2.05, 4.69) is 17.9 Å². The van der Waals surface area contributed by atoms with Crippen molar-refractivity contribution in [2.45, 2.75) is 75.7 Å². The highest BCUT2D eigenvalue weighted by atomic mass is 32.2. The van der Waals surface area contributed by atoms with Crippen LogP contribution < -0.4 is 5.32 Å². The molecule has 0 unspecified atom stereocenters. The van der Waals surface area contributed by atoms with Crippen LogP contribution in [0, 0.1) is 0 Å². The Morgan fingerprint density at radius 3 is 2.38 bits per heavy atom. The Labute approximate surface area is 137 Å². The van der Waals surface area contributed by atoms with Crippen molar-refractivity contribution in [2.75, 3.05) is 5.75 Å². The minimum atomic E-state index is -1.64. The number of nitrogens with one attached hydrogen (secondary N) is 1.